The first-order valence-corrected chi connectivity index (χ1v) is 9.48. The van der Waals surface area contributed by atoms with E-state index in [1.165, 1.54) is 22.4 Å². The number of anilines is 1. The third kappa shape index (κ3) is 3.34. The van der Waals surface area contributed by atoms with Gasteiger partial charge in [-0.2, -0.15) is 5.26 Å². The first-order chi connectivity index (χ1) is 12.2. The van der Waals surface area contributed by atoms with Crippen molar-refractivity contribution in [1.82, 2.24) is 0 Å². The van der Waals surface area contributed by atoms with Crippen molar-refractivity contribution >= 4 is 38.8 Å². The van der Waals surface area contributed by atoms with Crippen molar-refractivity contribution < 1.29 is 0 Å². The first-order valence-electron chi connectivity index (χ1n) is 8.69. The van der Waals surface area contributed by atoms with Crippen molar-refractivity contribution in [2.45, 2.75) is 33.2 Å². The molecular formula is C23H23BrN2. The van der Waals surface area contributed by atoms with Crippen LogP contribution in [0, 0.1) is 18.3 Å². The van der Waals surface area contributed by atoms with Crippen molar-refractivity contribution in [3.63, 3.8) is 0 Å². The largest absolute Gasteiger partial charge is 0.365 e. The molecule has 0 radical (unpaired) electrons. The van der Waals surface area contributed by atoms with Crippen LogP contribution in [0.5, 0.6) is 0 Å². The van der Waals surface area contributed by atoms with Gasteiger partial charge in [0, 0.05) is 22.8 Å². The van der Waals surface area contributed by atoms with E-state index in [9.17, 15) is 5.26 Å². The van der Waals surface area contributed by atoms with E-state index in [0.717, 1.165) is 15.6 Å². The molecule has 0 unspecified atom stereocenters. The second-order valence-corrected chi connectivity index (χ2v) is 8.36. The molecule has 0 saturated heterocycles. The van der Waals surface area contributed by atoms with Gasteiger partial charge in [-0.25, -0.2) is 0 Å². The summed E-state index contributed by atoms with van der Waals surface area (Å²) < 4.78 is 0.973. The summed E-state index contributed by atoms with van der Waals surface area (Å²) in [6.07, 6.45) is 4.29. The van der Waals surface area contributed by atoms with Crippen molar-refractivity contribution in [2.24, 2.45) is 0 Å². The maximum absolute atomic E-state index is 9.67. The Morgan fingerprint density at radius 3 is 2.58 bits per heavy atom. The summed E-state index contributed by atoms with van der Waals surface area (Å²) in [7, 11) is 2.14. The third-order valence-corrected chi connectivity index (χ3v) is 5.65. The Hall–Kier alpha value is -2.31. The van der Waals surface area contributed by atoms with E-state index in [1.54, 1.807) is 0 Å². The topological polar surface area (TPSA) is 27.0 Å². The molecule has 2 aromatic rings. The average molecular weight is 407 g/mol. The molecule has 3 heteroatoms. The minimum atomic E-state index is -0.00495. The number of nitriles is 1. The van der Waals surface area contributed by atoms with Gasteiger partial charge < -0.3 is 4.90 Å². The Morgan fingerprint density at radius 2 is 1.92 bits per heavy atom. The Bertz CT molecular complexity index is 974. The second kappa shape index (κ2) is 6.78. The number of nitrogens with zero attached hydrogens (tertiary/aromatic N) is 2. The lowest BCUT2D eigenvalue weighted by Crippen LogP contribution is -2.42. The first kappa shape index (κ1) is 18.5. The van der Waals surface area contributed by atoms with E-state index in [4.69, 9.17) is 0 Å². The van der Waals surface area contributed by atoms with Gasteiger partial charge in [0.1, 0.15) is 0 Å². The molecule has 1 heterocycles. The molecule has 2 nitrogen and oxygen atoms in total. The number of halogens is 1. The van der Waals surface area contributed by atoms with E-state index < -0.39 is 0 Å². The Labute approximate surface area is 164 Å². The molecule has 0 aliphatic carbocycles. The second-order valence-electron chi connectivity index (χ2n) is 7.45. The predicted molar refractivity (Wildman–Crippen MR) is 115 cm³/mol. The number of likely N-dealkylation sites (N-methyl/N-ethyl adjacent to an activating group) is 1. The maximum Gasteiger partial charge on any atom is 0.0998 e. The molecule has 0 spiro atoms. The zero-order valence-corrected chi connectivity index (χ0v) is 17.5. The van der Waals surface area contributed by atoms with E-state index in [-0.39, 0.29) is 5.54 Å². The van der Waals surface area contributed by atoms with Gasteiger partial charge >= 0.3 is 0 Å². The highest BCUT2D eigenvalue weighted by Gasteiger charge is 2.28. The molecule has 0 bridgehead atoms. The van der Waals surface area contributed by atoms with Gasteiger partial charge in [-0.15, -0.1) is 0 Å². The van der Waals surface area contributed by atoms with Crippen molar-refractivity contribution in [2.75, 3.05) is 11.9 Å². The smallest absolute Gasteiger partial charge is 0.0998 e. The standard InChI is InChI=1S/C23H23BrN2/c1-15-9-22-21(16(2)13-23(3,4)26(22)5)12-18(15)10-19(14-25)17-7-6-8-20(24)11-17/h6-13H,1-5H3/b19-10+. The summed E-state index contributed by atoms with van der Waals surface area (Å²) in [6.45, 7) is 8.72. The molecule has 26 heavy (non-hydrogen) atoms. The van der Waals surface area contributed by atoms with Gasteiger partial charge in [-0.3, -0.25) is 0 Å². The SMILES string of the molecule is CC1=CC(C)(C)N(C)c2cc(C)c(/C=C(\C#N)c3cccc(Br)c3)cc21. The van der Waals surface area contributed by atoms with Crippen LogP contribution in [0.1, 0.15) is 43.0 Å². The normalized spacial score (nSPS) is 16.0. The monoisotopic (exact) mass is 406 g/mol. The number of rotatable bonds is 2. The molecule has 1 aliphatic rings. The fourth-order valence-corrected chi connectivity index (χ4v) is 3.86. The molecule has 0 amide bonds. The van der Waals surface area contributed by atoms with Crippen LogP contribution in [-0.2, 0) is 0 Å². The van der Waals surface area contributed by atoms with Crippen molar-refractivity contribution in [3.05, 3.63) is 69.2 Å². The summed E-state index contributed by atoms with van der Waals surface area (Å²) in [5, 5.41) is 9.67. The molecule has 0 atom stereocenters. The molecule has 0 saturated carbocycles. The van der Waals surface area contributed by atoms with Crippen molar-refractivity contribution in [1.29, 1.82) is 5.26 Å². The van der Waals surface area contributed by atoms with Gasteiger partial charge in [0.2, 0.25) is 0 Å². The van der Waals surface area contributed by atoms with Crippen LogP contribution in [0.25, 0.3) is 17.2 Å². The Morgan fingerprint density at radius 1 is 1.19 bits per heavy atom. The van der Waals surface area contributed by atoms with E-state index in [2.05, 4.69) is 79.9 Å². The fraction of sp³-hybridized carbons (Fsp3) is 0.261. The van der Waals surface area contributed by atoms with Crippen molar-refractivity contribution in [3.8, 4) is 6.07 Å². The predicted octanol–water partition coefficient (Wildman–Crippen LogP) is 6.45. The maximum atomic E-state index is 9.67. The number of benzene rings is 2. The molecule has 0 fully saturated rings. The van der Waals surface area contributed by atoms with Gasteiger partial charge in [0.25, 0.3) is 0 Å². The molecular weight excluding hydrogens is 384 g/mol. The van der Waals surface area contributed by atoms with Gasteiger partial charge in [0.15, 0.2) is 0 Å². The van der Waals surface area contributed by atoms with Crippen LogP contribution >= 0.6 is 15.9 Å². The quantitative estimate of drug-likeness (QED) is 0.422. The summed E-state index contributed by atoms with van der Waals surface area (Å²) in [5.74, 6) is 0. The van der Waals surface area contributed by atoms with Crippen LogP contribution < -0.4 is 4.90 Å². The fourth-order valence-electron chi connectivity index (χ4n) is 3.46. The molecule has 0 N–H and O–H groups in total. The average Bonchev–Trinajstić information content (AvgIpc) is 2.58. The molecule has 1 aliphatic heterocycles. The summed E-state index contributed by atoms with van der Waals surface area (Å²) >= 11 is 3.48. The summed E-state index contributed by atoms with van der Waals surface area (Å²) in [6, 6.07) is 14.7. The number of allylic oxidation sites excluding steroid dienone is 2. The van der Waals surface area contributed by atoms with Crippen LogP contribution in [-0.4, -0.2) is 12.6 Å². The zero-order chi connectivity index (χ0) is 19.1. The minimum Gasteiger partial charge on any atom is -0.365 e. The molecule has 3 rings (SSSR count). The number of fused-ring (bicyclic) bond motifs is 1. The lowest BCUT2D eigenvalue weighted by molar-refractivity contribution is 0.597. The van der Waals surface area contributed by atoms with Crippen LogP contribution in [0.3, 0.4) is 0 Å². The van der Waals surface area contributed by atoms with Crippen LogP contribution in [0.2, 0.25) is 0 Å². The lowest BCUT2D eigenvalue weighted by atomic mass is 9.87. The molecule has 2 aromatic carbocycles. The van der Waals surface area contributed by atoms with Gasteiger partial charge in [-0.1, -0.05) is 34.1 Å². The summed E-state index contributed by atoms with van der Waals surface area (Å²) in [4.78, 5) is 2.31. The minimum absolute atomic E-state index is 0.00495. The molecule has 0 aromatic heterocycles. The zero-order valence-electron chi connectivity index (χ0n) is 15.9. The lowest BCUT2D eigenvalue weighted by Gasteiger charge is -2.41. The Kier molecular flexibility index (Phi) is 4.82. The highest BCUT2D eigenvalue weighted by molar-refractivity contribution is 9.10. The summed E-state index contributed by atoms with van der Waals surface area (Å²) in [5.41, 5.74) is 7.59. The Balaban J connectivity index is 2.13. The van der Waals surface area contributed by atoms with E-state index in [0.29, 0.717) is 5.57 Å². The third-order valence-electron chi connectivity index (χ3n) is 5.16. The highest BCUT2D eigenvalue weighted by Crippen LogP contribution is 2.39. The van der Waals surface area contributed by atoms with Gasteiger partial charge in [-0.05, 0) is 80.3 Å². The number of hydrogen-bond acceptors (Lipinski definition) is 2. The number of hydrogen-bond donors (Lipinski definition) is 0. The number of aryl methyl sites for hydroxylation is 1. The van der Waals surface area contributed by atoms with Gasteiger partial charge in [0.05, 0.1) is 17.2 Å². The highest BCUT2D eigenvalue weighted by atomic mass is 79.9. The van der Waals surface area contributed by atoms with Crippen LogP contribution in [0.15, 0.2) is 46.9 Å². The van der Waals surface area contributed by atoms with E-state index in [1.807, 2.05) is 30.3 Å². The van der Waals surface area contributed by atoms with Crippen LogP contribution in [0.4, 0.5) is 5.69 Å². The molecule has 132 valence electrons. The van der Waals surface area contributed by atoms with E-state index >= 15 is 0 Å².